The lowest BCUT2D eigenvalue weighted by atomic mass is 10.1. The summed E-state index contributed by atoms with van der Waals surface area (Å²) in [6.07, 6.45) is 4.02. The zero-order chi connectivity index (χ0) is 23.9. The Bertz CT molecular complexity index is 1030. The molecule has 1 aromatic carbocycles. The van der Waals surface area contributed by atoms with Gasteiger partial charge in [0.2, 0.25) is 11.8 Å². The predicted octanol–water partition coefficient (Wildman–Crippen LogP) is 2.41. The molecule has 1 saturated heterocycles. The van der Waals surface area contributed by atoms with Crippen molar-refractivity contribution in [2.75, 3.05) is 31.5 Å². The minimum atomic E-state index is -0.392. The number of rotatable bonds is 6. The molecule has 0 saturated carbocycles. The fourth-order valence-electron chi connectivity index (χ4n) is 4.55. The van der Waals surface area contributed by atoms with E-state index in [1.165, 1.54) is 0 Å². The number of hydrogen-bond acceptors (Lipinski definition) is 5. The number of fused-ring (bicyclic) bond motifs is 1. The number of nitrogens with zero attached hydrogens (tertiary/aromatic N) is 3. The Morgan fingerprint density at radius 1 is 1.21 bits per heavy atom. The largest absolute Gasteiger partial charge is 0.384 e. The molecule has 180 valence electrons. The lowest BCUT2D eigenvalue weighted by Crippen LogP contribution is -2.43. The van der Waals surface area contributed by atoms with Gasteiger partial charge in [0.05, 0.1) is 18.3 Å². The van der Waals surface area contributed by atoms with Crippen LogP contribution in [0.2, 0.25) is 0 Å². The first kappa shape index (κ1) is 23.5. The van der Waals surface area contributed by atoms with Crippen LogP contribution in [0.5, 0.6) is 0 Å². The molecule has 3 heterocycles. The Kier molecular flexibility index (Phi) is 7.61. The molecule has 0 aliphatic carbocycles. The molecule has 9 heteroatoms. The molecule has 0 bridgehead atoms. The minimum absolute atomic E-state index is 0.0366. The number of carbonyl (C=O) groups is 3. The van der Waals surface area contributed by atoms with Gasteiger partial charge in [-0.1, -0.05) is 18.2 Å². The topological polar surface area (TPSA) is 107 Å². The summed E-state index contributed by atoms with van der Waals surface area (Å²) in [4.78, 5) is 45.3. The Labute approximate surface area is 199 Å². The Morgan fingerprint density at radius 3 is 2.88 bits per heavy atom. The quantitative estimate of drug-likeness (QED) is 0.609. The molecule has 1 aromatic heterocycles. The summed E-state index contributed by atoms with van der Waals surface area (Å²) < 4.78 is 0. The van der Waals surface area contributed by atoms with Gasteiger partial charge in [0, 0.05) is 51.0 Å². The monoisotopic (exact) mass is 464 g/mol. The maximum absolute atomic E-state index is 12.7. The van der Waals surface area contributed by atoms with Crippen LogP contribution < -0.4 is 16.0 Å². The maximum Gasteiger partial charge on any atom is 0.315 e. The SMILES string of the molecule is CCN1Cc2cc(CNC(=O)NCC(=O)N3CCCC3c3ccccn3)ccc2NCCC1=O. The molecule has 4 amide bonds. The van der Waals surface area contributed by atoms with Gasteiger partial charge < -0.3 is 25.8 Å². The fourth-order valence-corrected chi connectivity index (χ4v) is 4.55. The van der Waals surface area contributed by atoms with E-state index in [1.807, 2.05) is 48.2 Å². The molecule has 1 unspecified atom stereocenters. The number of anilines is 1. The molecule has 9 nitrogen and oxygen atoms in total. The second-order valence-corrected chi connectivity index (χ2v) is 8.61. The van der Waals surface area contributed by atoms with Crippen molar-refractivity contribution in [1.82, 2.24) is 25.4 Å². The number of urea groups is 1. The van der Waals surface area contributed by atoms with E-state index in [-0.39, 0.29) is 24.4 Å². The number of likely N-dealkylation sites (tertiary alicyclic amines) is 1. The van der Waals surface area contributed by atoms with E-state index < -0.39 is 6.03 Å². The zero-order valence-electron chi connectivity index (χ0n) is 19.5. The fraction of sp³-hybridized carbons (Fsp3) is 0.440. The molecular formula is C25H32N6O3. The highest BCUT2D eigenvalue weighted by atomic mass is 16.2. The zero-order valence-corrected chi connectivity index (χ0v) is 19.5. The number of carbonyl (C=O) groups excluding carboxylic acids is 3. The Balaban J connectivity index is 1.29. The normalized spacial score (nSPS) is 17.9. The van der Waals surface area contributed by atoms with Gasteiger partial charge in [-0.25, -0.2) is 4.79 Å². The van der Waals surface area contributed by atoms with Gasteiger partial charge in [-0.15, -0.1) is 0 Å². The highest BCUT2D eigenvalue weighted by Gasteiger charge is 2.30. The van der Waals surface area contributed by atoms with E-state index in [1.54, 1.807) is 11.1 Å². The predicted molar refractivity (Wildman–Crippen MR) is 129 cm³/mol. The molecule has 2 aliphatic rings. The number of amides is 4. The van der Waals surface area contributed by atoms with Crippen molar-refractivity contribution in [1.29, 1.82) is 0 Å². The molecule has 2 aromatic rings. The standard InChI is InChI=1S/C25H32N6O3/c1-2-30-17-19-14-18(8-9-20(19)27-12-10-23(30)32)15-28-25(34)29-16-24(33)31-13-5-7-22(31)21-6-3-4-11-26-21/h3-4,6,8-9,11,14,22,27H,2,5,7,10,12-13,15-17H2,1H3,(H2,28,29,34). The molecule has 1 fully saturated rings. The summed E-state index contributed by atoms with van der Waals surface area (Å²) in [6, 6.07) is 11.2. The highest BCUT2D eigenvalue weighted by molar-refractivity contribution is 5.84. The van der Waals surface area contributed by atoms with Crippen LogP contribution in [0.3, 0.4) is 0 Å². The number of pyridine rings is 1. The highest BCUT2D eigenvalue weighted by Crippen LogP contribution is 2.30. The van der Waals surface area contributed by atoms with Gasteiger partial charge in [0.15, 0.2) is 0 Å². The maximum atomic E-state index is 12.7. The summed E-state index contributed by atoms with van der Waals surface area (Å²) in [5.74, 6) is 0.0244. The molecule has 34 heavy (non-hydrogen) atoms. The molecule has 2 aliphatic heterocycles. The van der Waals surface area contributed by atoms with Crippen LogP contribution >= 0.6 is 0 Å². The van der Waals surface area contributed by atoms with Gasteiger partial charge in [0.25, 0.3) is 0 Å². The van der Waals surface area contributed by atoms with Crippen LogP contribution in [-0.4, -0.2) is 58.8 Å². The number of nitrogens with one attached hydrogen (secondary N) is 3. The summed E-state index contributed by atoms with van der Waals surface area (Å²) in [6.45, 7) is 4.72. The van der Waals surface area contributed by atoms with Crippen LogP contribution in [0, 0.1) is 0 Å². The average Bonchev–Trinajstić information content (AvgIpc) is 3.35. The number of benzene rings is 1. The van der Waals surface area contributed by atoms with Crippen molar-refractivity contribution in [2.45, 2.75) is 45.3 Å². The van der Waals surface area contributed by atoms with Gasteiger partial charge in [0.1, 0.15) is 0 Å². The number of aromatic nitrogens is 1. The van der Waals surface area contributed by atoms with Crippen LogP contribution in [-0.2, 0) is 22.7 Å². The Hall–Kier alpha value is -3.62. The third-order valence-electron chi connectivity index (χ3n) is 6.38. The molecule has 4 rings (SSSR count). The van der Waals surface area contributed by atoms with Crippen LogP contribution in [0.15, 0.2) is 42.6 Å². The van der Waals surface area contributed by atoms with Crippen molar-refractivity contribution in [3.63, 3.8) is 0 Å². The van der Waals surface area contributed by atoms with E-state index >= 15 is 0 Å². The van der Waals surface area contributed by atoms with Crippen molar-refractivity contribution in [3.8, 4) is 0 Å². The summed E-state index contributed by atoms with van der Waals surface area (Å²) in [5, 5.41) is 8.81. The Morgan fingerprint density at radius 2 is 2.09 bits per heavy atom. The van der Waals surface area contributed by atoms with Crippen LogP contribution in [0.4, 0.5) is 10.5 Å². The first-order valence-corrected chi connectivity index (χ1v) is 11.9. The third-order valence-corrected chi connectivity index (χ3v) is 6.38. The average molecular weight is 465 g/mol. The summed E-state index contributed by atoms with van der Waals surface area (Å²) >= 11 is 0. The first-order chi connectivity index (χ1) is 16.5. The van der Waals surface area contributed by atoms with Gasteiger partial charge in [-0.3, -0.25) is 14.6 Å². The summed E-state index contributed by atoms with van der Waals surface area (Å²) in [5.41, 5.74) is 3.85. The smallest absolute Gasteiger partial charge is 0.315 e. The molecule has 3 N–H and O–H groups in total. The number of hydrogen-bond donors (Lipinski definition) is 3. The van der Waals surface area contributed by atoms with Crippen LogP contribution in [0.1, 0.15) is 49.0 Å². The van der Waals surface area contributed by atoms with Crippen molar-refractivity contribution < 1.29 is 14.4 Å². The first-order valence-electron chi connectivity index (χ1n) is 11.9. The van der Waals surface area contributed by atoms with Crippen molar-refractivity contribution in [3.05, 3.63) is 59.4 Å². The lowest BCUT2D eigenvalue weighted by Gasteiger charge is -2.26. The van der Waals surface area contributed by atoms with Gasteiger partial charge in [-0.05, 0) is 49.1 Å². The van der Waals surface area contributed by atoms with E-state index in [0.717, 1.165) is 35.3 Å². The van der Waals surface area contributed by atoms with E-state index in [4.69, 9.17) is 0 Å². The second-order valence-electron chi connectivity index (χ2n) is 8.61. The molecule has 1 atom stereocenters. The van der Waals surface area contributed by atoms with E-state index in [9.17, 15) is 14.4 Å². The summed E-state index contributed by atoms with van der Waals surface area (Å²) in [7, 11) is 0. The van der Waals surface area contributed by atoms with Gasteiger partial charge >= 0.3 is 6.03 Å². The van der Waals surface area contributed by atoms with E-state index in [0.29, 0.717) is 39.1 Å². The van der Waals surface area contributed by atoms with Crippen LogP contribution in [0.25, 0.3) is 0 Å². The van der Waals surface area contributed by atoms with Crippen molar-refractivity contribution in [2.24, 2.45) is 0 Å². The second kappa shape index (κ2) is 11.0. The van der Waals surface area contributed by atoms with Gasteiger partial charge in [-0.2, -0.15) is 0 Å². The molecular weight excluding hydrogens is 432 g/mol. The minimum Gasteiger partial charge on any atom is -0.384 e. The third kappa shape index (κ3) is 5.65. The van der Waals surface area contributed by atoms with E-state index in [2.05, 4.69) is 20.9 Å². The van der Waals surface area contributed by atoms with Crippen molar-refractivity contribution >= 4 is 23.5 Å². The molecule has 0 radical (unpaired) electrons. The lowest BCUT2D eigenvalue weighted by molar-refractivity contribution is -0.132. The molecule has 0 spiro atoms.